The Morgan fingerprint density at radius 3 is 2.85 bits per heavy atom. The summed E-state index contributed by atoms with van der Waals surface area (Å²) >= 11 is 5.07. The summed E-state index contributed by atoms with van der Waals surface area (Å²) in [6.07, 6.45) is 2.74. The summed E-state index contributed by atoms with van der Waals surface area (Å²) in [5, 5.41) is 10.7. The van der Waals surface area contributed by atoms with E-state index in [-0.39, 0.29) is 5.69 Å². The van der Waals surface area contributed by atoms with Crippen molar-refractivity contribution in [3.8, 4) is 11.3 Å². The summed E-state index contributed by atoms with van der Waals surface area (Å²) in [5.74, 6) is 1.57. The van der Waals surface area contributed by atoms with Gasteiger partial charge in [0.2, 0.25) is 0 Å². The van der Waals surface area contributed by atoms with Crippen molar-refractivity contribution in [3.63, 3.8) is 0 Å². The molecule has 0 saturated heterocycles. The van der Waals surface area contributed by atoms with Gasteiger partial charge in [0.15, 0.2) is 4.77 Å². The van der Waals surface area contributed by atoms with Gasteiger partial charge in [-0.25, -0.2) is 4.98 Å². The van der Waals surface area contributed by atoms with Gasteiger partial charge in [0.05, 0.1) is 11.5 Å². The third kappa shape index (κ3) is 3.42. The minimum atomic E-state index is -0.410. The summed E-state index contributed by atoms with van der Waals surface area (Å²) in [4.78, 5) is 19.9. The number of aromatic amines is 1. The van der Waals surface area contributed by atoms with E-state index in [4.69, 9.17) is 16.6 Å². The maximum atomic E-state index is 10.7. The molecule has 8 heteroatoms. The Labute approximate surface area is 154 Å². The zero-order valence-corrected chi connectivity index (χ0v) is 14.7. The molecule has 132 valence electrons. The molecule has 3 heterocycles. The highest BCUT2D eigenvalue weighted by molar-refractivity contribution is 7.71. The lowest BCUT2D eigenvalue weighted by atomic mass is 10.1. The van der Waals surface area contributed by atoms with E-state index in [0.717, 1.165) is 42.1 Å². The molecule has 4 rings (SSSR count). The van der Waals surface area contributed by atoms with Crippen LogP contribution in [0.3, 0.4) is 0 Å². The predicted octanol–water partition coefficient (Wildman–Crippen LogP) is 3.87. The van der Waals surface area contributed by atoms with Gasteiger partial charge in [-0.2, -0.15) is 0 Å². The number of nitro benzene ring substituents is 1. The maximum absolute atomic E-state index is 10.7. The molecule has 26 heavy (non-hydrogen) atoms. The Bertz CT molecular complexity index is 1010. The number of hydrogen-bond donors (Lipinski definition) is 1. The van der Waals surface area contributed by atoms with Crippen LogP contribution in [-0.4, -0.2) is 26.3 Å². The van der Waals surface area contributed by atoms with Crippen LogP contribution >= 0.6 is 12.2 Å². The first-order valence-corrected chi connectivity index (χ1v) is 8.62. The van der Waals surface area contributed by atoms with Crippen LogP contribution in [0.15, 0.2) is 47.0 Å². The van der Waals surface area contributed by atoms with Gasteiger partial charge in [-0.1, -0.05) is 0 Å². The number of H-pyrrole nitrogens is 1. The van der Waals surface area contributed by atoms with Gasteiger partial charge in [-0.15, -0.1) is 0 Å². The predicted molar refractivity (Wildman–Crippen MR) is 98.0 cm³/mol. The highest BCUT2D eigenvalue weighted by Crippen LogP contribution is 2.26. The molecule has 7 nitrogen and oxygen atoms in total. The van der Waals surface area contributed by atoms with Crippen molar-refractivity contribution in [2.45, 2.75) is 19.5 Å². The molecular formula is C18H16N4O3S. The highest BCUT2D eigenvalue weighted by Gasteiger charge is 2.18. The van der Waals surface area contributed by atoms with Crippen LogP contribution in [0.4, 0.5) is 5.69 Å². The van der Waals surface area contributed by atoms with E-state index in [1.54, 1.807) is 12.1 Å². The topological polar surface area (TPSA) is 88.2 Å². The summed E-state index contributed by atoms with van der Waals surface area (Å²) < 4.78 is 6.45. The first-order valence-electron chi connectivity index (χ1n) is 8.21. The van der Waals surface area contributed by atoms with Crippen molar-refractivity contribution in [2.75, 3.05) is 6.54 Å². The SMILES string of the molecule is O=[N+]([O-])c1ccc(-c2ccc(CN3CCc4[nH]c(=S)ncc4C3)o2)cc1. The first-order chi connectivity index (χ1) is 12.6. The number of nitrogens with one attached hydrogen (secondary N) is 1. The molecule has 1 aliphatic heterocycles. The second-order valence-electron chi connectivity index (χ2n) is 6.22. The average molecular weight is 368 g/mol. The summed E-state index contributed by atoms with van der Waals surface area (Å²) in [6.45, 7) is 2.40. The molecular weight excluding hydrogens is 352 g/mol. The smallest absolute Gasteiger partial charge is 0.269 e. The largest absolute Gasteiger partial charge is 0.460 e. The molecule has 3 aromatic rings. The molecule has 0 unspecified atom stereocenters. The molecule has 2 aromatic heterocycles. The maximum Gasteiger partial charge on any atom is 0.269 e. The lowest BCUT2D eigenvalue weighted by Gasteiger charge is -2.27. The number of nitro groups is 1. The van der Waals surface area contributed by atoms with Gasteiger partial charge in [0, 0.05) is 54.7 Å². The standard InChI is InChI=1S/C18H16N4O3S/c23-22(24)14-3-1-12(2-4-14)17-6-5-15(25-17)11-21-8-7-16-13(10-21)9-19-18(26)20-16/h1-6,9H,7-8,10-11H2,(H,19,20,26). The van der Waals surface area contributed by atoms with Crippen LogP contribution in [0.2, 0.25) is 0 Å². The molecule has 0 radical (unpaired) electrons. The highest BCUT2D eigenvalue weighted by atomic mass is 32.1. The van der Waals surface area contributed by atoms with Gasteiger partial charge in [0.25, 0.3) is 5.69 Å². The van der Waals surface area contributed by atoms with Gasteiger partial charge in [0.1, 0.15) is 11.5 Å². The number of rotatable bonds is 4. The fourth-order valence-corrected chi connectivity index (χ4v) is 3.30. The van der Waals surface area contributed by atoms with Crippen LogP contribution in [0.25, 0.3) is 11.3 Å². The Hall–Kier alpha value is -2.84. The van der Waals surface area contributed by atoms with E-state index in [0.29, 0.717) is 17.1 Å². The van der Waals surface area contributed by atoms with Crippen LogP contribution < -0.4 is 0 Å². The number of aromatic nitrogens is 2. The van der Waals surface area contributed by atoms with E-state index in [9.17, 15) is 10.1 Å². The normalized spacial score (nSPS) is 14.2. The molecule has 1 aliphatic rings. The Balaban J connectivity index is 1.46. The molecule has 0 bridgehead atoms. The van der Waals surface area contributed by atoms with Crippen molar-refractivity contribution >= 4 is 17.9 Å². The summed E-state index contributed by atoms with van der Waals surface area (Å²) in [5.41, 5.74) is 3.21. The zero-order chi connectivity index (χ0) is 18.1. The van der Waals surface area contributed by atoms with Crippen molar-refractivity contribution < 1.29 is 9.34 Å². The van der Waals surface area contributed by atoms with Crippen LogP contribution in [0.1, 0.15) is 17.0 Å². The number of benzene rings is 1. The van der Waals surface area contributed by atoms with Gasteiger partial charge in [-0.3, -0.25) is 15.0 Å². The minimum Gasteiger partial charge on any atom is -0.460 e. The number of hydrogen-bond acceptors (Lipinski definition) is 6. The van der Waals surface area contributed by atoms with E-state index >= 15 is 0 Å². The molecule has 0 aliphatic carbocycles. The lowest BCUT2D eigenvalue weighted by molar-refractivity contribution is -0.384. The van der Waals surface area contributed by atoms with Crippen molar-refractivity contribution in [3.05, 3.63) is 74.5 Å². The molecule has 0 fully saturated rings. The second-order valence-corrected chi connectivity index (χ2v) is 6.61. The molecule has 0 saturated carbocycles. The van der Waals surface area contributed by atoms with Crippen LogP contribution in [0, 0.1) is 14.9 Å². The van der Waals surface area contributed by atoms with Gasteiger partial charge in [-0.05, 0) is 36.5 Å². The molecule has 0 amide bonds. The van der Waals surface area contributed by atoms with Crippen molar-refractivity contribution in [1.29, 1.82) is 0 Å². The molecule has 0 atom stereocenters. The molecule has 1 aromatic carbocycles. The Kier molecular flexibility index (Phi) is 4.36. The van der Waals surface area contributed by atoms with E-state index in [2.05, 4.69) is 14.9 Å². The van der Waals surface area contributed by atoms with Crippen molar-refractivity contribution in [2.24, 2.45) is 0 Å². The van der Waals surface area contributed by atoms with Crippen LogP contribution in [0.5, 0.6) is 0 Å². The Morgan fingerprint density at radius 2 is 2.08 bits per heavy atom. The summed E-state index contributed by atoms with van der Waals surface area (Å²) in [7, 11) is 0. The lowest BCUT2D eigenvalue weighted by Crippen LogP contribution is -2.30. The second kappa shape index (κ2) is 6.81. The van der Waals surface area contributed by atoms with Gasteiger partial charge < -0.3 is 9.40 Å². The summed E-state index contributed by atoms with van der Waals surface area (Å²) in [6, 6.07) is 10.2. The van der Waals surface area contributed by atoms with E-state index in [1.165, 1.54) is 12.1 Å². The van der Waals surface area contributed by atoms with Gasteiger partial charge >= 0.3 is 0 Å². The molecule has 0 spiro atoms. The van der Waals surface area contributed by atoms with Crippen LogP contribution in [-0.2, 0) is 19.5 Å². The monoisotopic (exact) mass is 368 g/mol. The minimum absolute atomic E-state index is 0.0696. The van der Waals surface area contributed by atoms with Crippen molar-refractivity contribution in [1.82, 2.24) is 14.9 Å². The fraction of sp³-hybridized carbons (Fsp3) is 0.222. The van der Waals surface area contributed by atoms with E-state index in [1.807, 2.05) is 18.3 Å². The number of non-ortho nitro benzene ring substituents is 1. The average Bonchev–Trinajstić information content (AvgIpc) is 3.10. The fourth-order valence-electron chi connectivity index (χ4n) is 3.13. The van der Waals surface area contributed by atoms with E-state index < -0.39 is 4.92 Å². The third-order valence-corrected chi connectivity index (χ3v) is 4.67. The number of fused-ring (bicyclic) bond motifs is 1. The Morgan fingerprint density at radius 1 is 1.27 bits per heavy atom. The zero-order valence-electron chi connectivity index (χ0n) is 13.8. The quantitative estimate of drug-likeness (QED) is 0.427. The molecule has 1 N–H and O–H groups in total. The number of furan rings is 1. The third-order valence-electron chi connectivity index (χ3n) is 4.46. The number of nitrogens with zero attached hydrogens (tertiary/aromatic N) is 3. The first kappa shape index (κ1) is 16.6.